The maximum atomic E-state index is 12.0. The fourth-order valence-electron chi connectivity index (χ4n) is 2.66. The molecular weight excluding hydrogens is 266 g/mol. The predicted octanol–water partition coefficient (Wildman–Crippen LogP) is 1.58. The number of hydrogen-bond acceptors (Lipinski definition) is 4. The highest BCUT2D eigenvalue weighted by atomic mass is 16.5. The summed E-state index contributed by atoms with van der Waals surface area (Å²) in [7, 11) is 1.77. The van der Waals surface area contributed by atoms with E-state index in [0.717, 1.165) is 43.7 Å². The van der Waals surface area contributed by atoms with Crippen LogP contribution in [0.15, 0.2) is 24.3 Å². The number of likely N-dealkylation sites (tertiary alicyclic amines) is 1. The van der Waals surface area contributed by atoms with Crippen LogP contribution in [0.5, 0.6) is 0 Å². The molecule has 21 heavy (non-hydrogen) atoms. The van der Waals surface area contributed by atoms with Crippen LogP contribution < -0.4 is 11.1 Å². The van der Waals surface area contributed by atoms with Crippen molar-refractivity contribution < 1.29 is 9.53 Å². The van der Waals surface area contributed by atoms with Crippen LogP contribution in [0.2, 0.25) is 0 Å². The molecule has 1 aliphatic heterocycles. The number of hydrogen-bond donors (Lipinski definition) is 2. The fraction of sp³-hybridized carbons (Fsp3) is 0.562. The number of para-hydroxylation sites is 1. The van der Waals surface area contributed by atoms with E-state index in [4.69, 9.17) is 10.5 Å². The maximum Gasteiger partial charge on any atom is 0.225 e. The summed E-state index contributed by atoms with van der Waals surface area (Å²) in [4.78, 5) is 14.4. The minimum atomic E-state index is 0.0461. The molecule has 0 radical (unpaired) electrons. The number of ether oxygens (including phenoxy) is 1. The Balaban J connectivity index is 1.75. The van der Waals surface area contributed by atoms with E-state index in [0.29, 0.717) is 19.1 Å². The molecule has 116 valence electrons. The minimum Gasteiger partial charge on any atom is -0.381 e. The number of carbonyl (C=O) groups excluding carboxylic acids is 1. The first-order chi connectivity index (χ1) is 10.2. The van der Waals surface area contributed by atoms with Crippen molar-refractivity contribution in [2.24, 2.45) is 5.73 Å². The molecule has 1 saturated heterocycles. The number of nitrogens with two attached hydrogens (primary N) is 1. The SMILES string of the molecule is COC1CCN(CCC(=O)Nc2ccccc2CN)CC1. The number of methoxy groups -OCH3 is 1. The van der Waals surface area contributed by atoms with Crippen LogP contribution in [-0.2, 0) is 16.1 Å². The number of piperidine rings is 1. The molecular formula is C16H25N3O2. The minimum absolute atomic E-state index is 0.0461. The highest BCUT2D eigenvalue weighted by Crippen LogP contribution is 2.15. The van der Waals surface area contributed by atoms with Gasteiger partial charge in [-0.1, -0.05) is 18.2 Å². The Kier molecular flexibility index (Phi) is 6.17. The first kappa shape index (κ1) is 15.9. The third kappa shape index (κ3) is 4.81. The molecule has 0 saturated carbocycles. The average Bonchev–Trinajstić information content (AvgIpc) is 2.54. The van der Waals surface area contributed by atoms with E-state index in [1.807, 2.05) is 24.3 Å². The number of carbonyl (C=O) groups is 1. The molecule has 0 unspecified atom stereocenters. The summed E-state index contributed by atoms with van der Waals surface area (Å²) < 4.78 is 5.35. The van der Waals surface area contributed by atoms with E-state index in [-0.39, 0.29) is 5.91 Å². The lowest BCUT2D eigenvalue weighted by Gasteiger charge is -2.30. The zero-order valence-electron chi connectivity index (χ0n) is 12.7. The normalized spacial score (nSPS) is 16.9. The van der Waals surface area contributed by atoms with E-state index in [1.54, 1.807) is 7.11 Å². The first-order valence-corrected chi connectivity index (χ1v) is 7.56. The van der Waals surface area contributed by atoms with Crippen LogP contribution in [0, 0.1) is 0 Å². The van der Waals surface area contributed by atoms with Gasteiger partial charge >= 0.3 is 0 Å². The summed E-state index contributed by atoms with van der Waals surface area (Å²) in [6.07, 6.45) is 2.99. The molecule has 0 aliphatic carbocycles. The predicted molar refractivity (Wildman–Crippen MR) is 84.1 cm³/mol. The monoisotopic (exact) mass is 291 g/mol. The summed E-state index contributed by atoms with van der Waals surface area (Å²) in [5, 5.41) is 2.95. The van der Waals surface area contributed by atoms with Crippen molar-refractivity contribution in [1.82, 2.24) is 4.90 Å². The lowest BCUT2D eigenvalue weighted by molar-refractivity contribution is -0.116. The van der Waals surface area contributed by atoms with Crippen molar-refractivity contribution in [3.63, 3.8) is 0 Å². The molecule has 1 aromatic rings. The van der Waals surface area contributed by atoms with Gasteiger partial charge in [0, 0.05) is 45.4 Å². The van der Waals surface area contributed by atoms with Crippen LogP contribution in [0.4, 0.5) is 5.69 Å². The van der Waals surface area contributed by atoms with Crippen LogP contribution in [0.1, 0.15) is 24.8 Å². The quantitative estimate of drug-likeness (QED) is 0.835. The van der Waals surface area contributed by atoms with Gasteiger partial charge in [0.2, 0.25) is 5.91 Å². The number of nitrogens with zero attached hydrogens (tertiary/aromatic N) is 1. The van der Waals surface area contributed by atoms with Gasteiger partial charge < -0.3 is 20.7 Å². The highest BCUT2D eigenvalue weighted by Gasteiger charge is 2.19. The molecule has 0 aromatic heterocycles. The summed E-state index contributed by atoms with van der Waals surface area (Å²) in [6, 6.07) is 7.66. The number of amides is 1. The van der Waals surface area contributed by atoms with Gasteiger partial charge in [0.15, 0.2) is 0 Å². The molecule has 5 heteroatoms. The molecule has 0 atom stereocenters. The van der Waals surface area contributed by atoms with Crippen LogP contribution >= 0.6 is 0 Å². The van der Waals surface area contributed by atoms with Crippen molar-refractivity contribution in [3.8, 4) is 0 Å². The maximum absolute atomic E-state index is 12.0. The summed E-state index contributed by atoms with van der Waals surface area (Å²) >= 11 is 0. The van der Waals surface area contributed by atoms with Crippen molar-refractivity contribution in [2.75, 3.05) is 32.1 Å². The Morgan fingerprint density at radius 2 is 2.10 bits per heavy atom. The first-order valence-electron chi connectivity index (χ1n) is 7.56. The van der Waals surface area contributed by atoms with E-state index in [2.05, 4.69) is 10.2 Å². The number of nitrogens with one attached hydrogen (secondary N) is 1. The average molecular weight is 291 g/mol. The van der Waals surface area contributed by atoms with Crippen LogP contribution in [0.3, 0.4) is 0 Å². The molecule has 5 nitrogen and oxygen atoms in total. The number of anilines is 1. The van der Waals surface area contributed by atoms with Gasteiger partial charge in [-0.05, 0) is 24.5 Å². The molecule has 1 amide bonds. The smallest absolute Gasteiger partial charge is 0.225 e. The van der Waals surface area contributed by atoms with Gasteiger partial charge in [-0.3, -0.25) is 4.79 Å². The zero-order chi connectivity index (χ0) is 15.1. The second kappa shape index (κ2) is 8.12. The topological polar surface area (TPSA) is 67.6 Å². The van der Waals surface area contributed by atoms with Crippen LogP contribution in [0.25, 0.3) is 0 Å². The number of rotatable bonds is 6. The molecule has 1 aliphatic rings. The van der Waals surface area contributed by atoms with Gasteiger partial charge in [-0.25, -0.2) is 0 Å². The lowest BCUT2D eigenvalue weighted by atomic mass is 10.1. The Morgan fingerprint density at radius 3 is 2.76 bits per heavy atom. The Bertz CT molecular complexity index is 457. The molecule has 1 aromatic carbocycles. The second-order valence-electron chi connectivity index (χ2n) is 5.44. The Labute approximate surface area is 126 Å². The van der Waals surface area contributed by atoms with Crippen molar-refractivity contribution in [2.45, 2.75) is 31.9 Å². The van der Waals surface area contributed by atoms with E-state index >= 15 is 0 Å². The fourth-order valence-corrected chi connectivity index (χ4v) is 2.66. The standard InChI is InChI=1S/C16H25N3O2/c1-21-14-6-9-19(10-7-14)11-8-16(20)18-15-5-3-2-4-13(15)12-17/h2-5,14H,6-12,17H2,1H3,(H,18,20). The van der Waals surface area contributed by atoms with Crippen LogP contribution in [-0.4, -0.2) is 43.7 Å². The second-order valence-corrected chi connectivity index (χ2v) is 5.44. The summed E-state index contributed by atoms with van der Waals surface area (Å²) in [5.74, 6) is 0.0461. The highest BCUT2D eigenvalue weighted by molar-refractivity contribution is 5.91. The van der Waals surface area contributed by atoms with Gasteiger partial charge in [0.1, 0.15) is 0 Å². The van der Waals surface area contributed by atoms with Crippen molar-refractivity contribution in [1.29, 1.82) is 0 Å². The molecule has 0 spiro atoms. The molecule has 2 rings (SSSR count). The largest absolute Gasteiger partial charge is 0.381 e. The van der Waals surface area contributed by atoms with Gasteiger partial charge in [0.25, 0.3) is 0 Å². The zero-order valence-corrected chi connectivity index (χ0v) is 12.7. The number of benzene rings is 1. The third-order valence-corrected chi connectivity index (χ3v) is 4.03. The Hall–Kier alpha value is -1.43. The lowest BCUT2D eigenvalue weighted by Crippen LogP contribution is -2.38. The summed E-state index contributed by atoms with van der Waals surface area (Å²) in [6.45, 7) is 3.24. The van der Waals surface area contributed by atoms with Crippen molar-refractivity contribution >= 4 is 11.6 Å². The summed E-state index contributed by atoms with van der Waals surface area (Å²) in [5.41, 5.74) is 7.46. The van der Waals surface area contributed by atoms with E-state index in [9.17, 15) is 4.79 Å². The van der Waals surface area contributed by atoms with Crippen molar-refractivity contribution in [3.05, 3.63) is 29.8 Å². The Morgan fingerprint density at radius 1 is 1.38 bits per heavy atom. The van der Waals surface area contributed by atoms with E-state index < -0.39 is 0 Å². The van der Waals surface area contributed by atoms with Gasteiger partial charge in [-0.2, -0.15) is 0 Å². The van der Waals surface area contributed by atoms with E-state index in [1.165, 1.54) is 0 Å². The molecule has 1 heterocycles. The third-order valence-electron chi connectivity index (χ3n) is 4.03. The molecule has 0 bridgehead atoms. The van der Waals surface area contributed by atoms with Gasteiger partial charge in [-0.15, -0.1) is 0 Å². The molecule has 1 fully saturated rings. The van der Waals surface area contributed by atoms with Gasteiger partial charge in [0.05, 0.1) is 6.10 Å². The molecule has 3 N–H and O–H groups in total.